The topological polar surface area (TPSA) is 200 Å². The van der Waals surface area contributed by atoms with Crippen LogP contribution in [0.15, 0.2) is 42.7 Å². The van der Waals surface area contributed by atoms with E-state index in [4.69, 9.17) is 37.4 Å². The average molecular weight is 809 g/mol. The Balaban J connectivity index is 0.918. The number of amides is 4. The smallest absolute Gasteiger partial charge is 0.264 e. The Morgan fingerprint density at radius 1 is 0.982 bits per heavy atom. The monoisotopic (exact) mass is 807 g/mol. The zero-order valence-electron chi connectivity index (χ0n) is 30.6. The van der Waals surface area contributed by atoms with E-state index in [0.717, 1.165) is 4.90 Å². The molecule has 0 bridgehead atoms. The number of ketones is 2. The van der Waals surface area contributed by atoms with Crippen molar-refractivity contribution in [1.29, 1.82) is 0 Å². The van der Waals surface area contributed by atoms with Crippen LogP contribution in [0.1, 0.15) is 82.7 Å². The molecule has 1 saturated heterocycles. The summed E-state index contributed by atoms with van der Waals surface area (Å²) in [5.41, 5.74) is 3.10. The number of benzene rings is 1. The van der Waals surface area contributed by atoms with Crippen molar-refractivity contribution in [3.63, 3.8) is 0 Å². The number of Topliss-reactive ketones (excluding diaryl/α,β-unsaturated/α-hetero) is 2. The van der Waals surface area contributed by atoms with E-state index in [1.165, 1.54) is 12.3 Å². The van der Waals surface area contributed by atoms with Crippen molar-refractivity contribution in [2.75, 3.05) is 38.8 Å². The molecule has 0 spiro atoms. The molecule has 4 amide bonds. The molecule has 16 nitrogen and oxygen atoms in total. The third-order valence-corrected chi connectivity index (χ3v) is 9.76. The molecule has 0 saturated carbocycles. The molecule has 0 radical (unpaired) electrons. The van der Waals surface area contributed by atoms with Crippen LogP contribution >= 0.6 is 23.2 Å². The number of aromatic nitrogens is 4. The van der Waals surface area contributed by atoms with Gasteiger partial charge >= 0.3 is 0 Å². The summed E-state index contributed by atoms with van der Waals surface area (Å²) in [4.78, 5) is 85.6. The Morgan fingerprint density at radius 3 is 2.57 bits per heavy atom. The molecule has 1 unspecified atom stereocenters. The molecule has 0 aliphatic carbocycles. The molecule has 5 heterocycles. The molecular weight excluding hydrogens is 769 g/mol. The average Bonchev–Trinajstić information content (AvgIpc) is 3.67. The van der Waals surface area contributed by atoms with Crippen LogP contribution in [0.5, 0.6) is 5.88 Å². The van der Waals surface area contributed by atoms with Crippen molar-refractivity contribution >= 4 is 69.7 Å². The first-order valence-corrected chi connectivity index (χ1v) is 18.7. The maximum Gasteiger partial charge on any atom is 0.264 e. The van der Waals surface area contributed by atoms with Gasteiger partial charge in [0.1, 0.15) is 17.6 Å². The summed E-state index contributed by atoms with van der Waals surface area (Å²) in [5, 5.41) is 10.2. The fraction of sp³-hybridized carbons (Fsp3) is 0.395. The van der Waals surface area contributed by atoms with Gasteiger partial charge in [-0.15, -0.1) is 0 Å². The lowest BCUT2D eigenvalue weighted by molar-refractivity contribution is -0.136. The lowest BCUT2D eigenvalue weighted by atomic mass is 10.0. The Hall–Kier alpha value is -5.29. The van der Waals surface area contributed by atoms with E-state index in [1.54, 1.807) is 42.1 Å². The molecule has 3 aromatic heterocycles. The van der Waals surface area contributed by atoms with Gasteiger partial charge in [0.25, 0.3) is 11.8 Å². The van der Waals surface area contributed by atoms with E-state index in [9.17, 15) is 28.8 Å². The van der Waals surface area contributed by atoms with E-state index in [2.05, 4.69) is 25.7 Å². The molecule has 6 rings (SSSR count). The molecule has 56 heavy (non-hydrogen) atoms. The van der Waals surface area contributed by atoms with Crippen LogP contribution in [0, 0.1) is 0 Å². The van der Waals surface area contributed by atoms with E-state index in [-0.39, 0.29) is 105 Å². The minimum Gasteiger partial charge on any atom is -0.477 e. The summed E-state index contributed by atoms with van der Waals surface area (Å²) >= 11 is 12.3. The number of nitrogens with one attached hydrogen (secondary N) is 2. The van der Waals surface area contributed by atoms with Crippen LogP contribution in [-0.2, 0) is 41.5 Å². The lowest BCUT2D eigenvalue weighted by Crippen LogP contribution is -2.54. The minimum atomic E-state index is -1.05. The lowest BCUT2D eigenvalue weighted by Gasteiger charge is -2.27. The van der Waals surface area contributed by atoms with Gasteiger partial charge in [-0.2, -0.15) is 5.10 Å². The number of carbonyl (C=O) groups excluding carboxylic acids is 6. The van der Waals surface area contributed by atoms with Gasteiger partial charge in [0.15, 0.2) is 10.8 Å². The van der Waals surface area contributed by atoms with Crippen LogP contribution in [-0.4, -0.2) is 99.2 Å². The predicted molar refractivity (Wildman–Crippen MR) is 202 cm³/mol. The number of methoxy groups -OCH3 is 1. The molecule has 2 aliphatic rings. The second-order valence-electron chi connectivity index (χ2n) is 13.2. The molecule has 2 atom stereocenters. The number of halogens is 2. The van der Waals surface area contributed by atoms with Crippen LogP contribution in [0.4, 0.5) is 5.69 Å². The highest BCUT2D eigenvalue weighted by atomic mass is 35.5. The first-order valence-electron chi connectivity index (χ1n) is 18.0. The van der Waals surface area contributed by atoms with Gasteiger partial charge in [0, 0.05) is 81.0 Å². The first kappa shape index (κ1) is 40.4. The Morgan fingerprint density at radius 2 is 1.79 bits per heavy atom. The highest BCUT2D eigenvalue weighted by Gasteiger charge is 2.45. The summed E-state index contributed by atoms with van der Waals surface area (Å²) in [7, 11) is 1.56. The molecule has 18 heteroatoms. The second-order valence-corrected chi connectivity index (χ2v) is 14.1. The zero-order chi connectivity index (χ0) is 39.9. The van der Waals surface area contributed by atoms with Crippen molar-refractivity contribution < 1.29 is 43.0 Å². The maximum atomic E-state index is 13.3. The zero-order valence-corrected chi connectivity index (χ0v) is 32.2. The number of anilines is 1. The van der Waals surface area contributed by atoms with Gasteiger partial charge in [-0.3, -0.25) is 39.0 Å². The second kappa shape index (κ2) is 18.1. The van der Waals surface area contributed by atoms with Gasteiger partial charge in [-0.05, 0) is 38.0 Å². The third-order valence-electron chi connectivity index (χ3n) is 9.37. The summed E-state index contributed by atoms with van der Waals surface area (Å²) in [6, 6.07) is 7.01. The number of carbonyl (C=O) groups is 6. The Labute approximate surface area is 331 Å². The van der Waals surface area contributed by atoms with Gasteiger partial charge in [0.2, 0.25) is 17.7 Å². The highest BCUT2D eigenvalue weighted by molar-refractivity contribution is 6.30. The van der Waals surface area contributed by atoms with Crippen molar-refractivity contribution in [1.82, 2.24) is 29.8 Å². The summed E-state index contributed by atoms with van der Waals surface area (Å²) in [6.45, 7) is 2.72. The maximum absolute atomic E-state index is 13.3. The fourth-order valence-electron chi connectivity index (χ4n) is 6.62. The summed E-state index contributed by atoms with van der Waals surface area (Å²) < 4.78 is 18.6. The molecule has 294 valence electrons. The largest absolute Gasteiger partial charge is 0.477 e. The molecule has 1 aromatic carbocycles. The van der Waals surface area contributed by atoms with Crippen LogP contribution in [0.2, 0.25) is 10.2 Å². The number of nitrogens with zero attached hydrogens (tertiary/aromatic N) is 5. The normalized spacial score (nSPS) is 15.9. The van der Waals surface area contributed by atoms with Gasteiger partial charge in [0.05, 0.1) is 47.8 Å². The van der Waals surface area contributed by atoms with Crippen LogP contribution in [0.3, 0.4) is 0 Å². The molecular formula is C38H39Cl2N7O9. The number of rotatable bonds is 19. The molecule has 2 N–H and O–H groups in total. The number of hydrogen-bond acceptors (Lipinski definition) is 13. The van der Waals surface area contributed by atoms with Crippen LogP contribution in [0.25, 0.3) is 5.65 Å². The van der Waals surface area contributed by atoms with Gasteiger partial charge in [-0.25, -0.2) is 14.5 Å². The standard InChI is InChI=1S/C38H39Cl2N7O9/c1-21(54-2)34-23(19-42-31-18-30(40)45-47(31)34)17-26(49)16-22-15-24(39)20-43-36(22)56-12-4-5-25(48)10-13-55-14-11-41-28-7-3-6-27-33(28)38(53)46(37(27)52)29-8-9-32(50)44-35(29)51/h3,6-7,15,18-21,29,41H,4-5,8-14,16-17H2,1-2H3,(H,44,50,51)/t21-,29?/m0/s1. The molecule has 4 aromatic rings. The fourth-order valence-corrected chi connectivity index (χ4v) is 6.98. The van der Waals surface area contributed by atoms with Crippen molar-refractivity contribution in [2.45, 2.75) is 64.0 Å². The van der Waals surface area contributed by atoms with Gasteiger partial charge in [-0.1, -0.05) is 29.3 Å². The Bertz CT molecular complexity index is 2190. The Kier molecular flexibility index (Phi) is 13.1. The van der Waals surface area contributed by atoms with E-state index in [0.29, 0.717) is 39.6 Å². The number of ether oxygens (including phenoxy) is 3. The van der Waals surface area contributed by atoms with Gasteiger partial charge < -0.3 is 19.5 Å². The summed E-state index contributed by atoms with van der Waals surface area (Å²) in [6.07, 6.45) is 3.64. The van der Waals surface area contributed by atoms with E-state index < -0.39 is 29.7 Å². The summed E-state index contributed by atoms with van der Waals surface area (Å²) in [5.74, 6) is -2.22. The third kappa shape index (κ3) is 9.21. The van der Waals surface area contributed by atoms with E-state index in [1.807, 2.05) is 6.92 Å². The number of piperidine rings is 1. The number of hydrogen-bond donors (Lipinski definition) is 2. The molecule has 1 fully saturated rings. The van der Waals surface area contributed by atoms with Crippen molar-refractivity contribution in [2.24, 2.45) is 0 Å². The quantitative estimate of drug-likeness (QED) is 0.101. The number of pyridine rings is 1. The number of imide groups is 2. The highest BCUT2D eigenvalue weighted by Crippen LogP contribution is 2.32. The predicted octanol–water partition coefficient (Wildman–Crippen LogP) is 4.14. The number of fused-ring (bicyclic) bond motifs is 2. The van der Waals surface area contributed by atoms with E-state index >= 15 is 0 Å². The van der Waals surface area contributed by atoms with Crippen LogP contribution < -0.4 is 15.4 Å². The SMILES string of the molecule is CO[C@@H](C)c1c(CC(=O)Cc2cc(Cl)cnc2OCCCC(=O)CCOCCNc2cccc3c2C(=O)N(C2CCC(=O)NC2=O)C3=O)cnc2cc(Cl)nn12. The first-order chi connectivity index (χ1) is 26.9. The minimum absolute atomic E-state index is 0.00525. The van der Waals surface area contributed by atoms with Crippen molar-refractivity contribution in [3.8, 4) is 5.88 Å². The van der Waals surface area contributed by atoms with Crippen molar-refractivity contribution in [3.05, 3.63) is 80.8 Å². The molecule has 2 aliphatic heterocycles.